The van der Waals surface area contributed by atoms with Crippen LogP contribution in [0.5, 0.6) is 11.5 Å². The first kappa shape index (κ1) is 13.2. The molecule has 0 saturated carbocycles. The number of benzene rings is 1. The molecular weight excluding hydrogens is 224 g/mol. The molecule has 0 bridgehead atoms. The maximum absolute atomic E-state index is 11.2. The third-order valence-electron chi connectivity index (χ3n) is 2.15. The number of phenols is 1. The average Bonchev–Trinajstić information content (AvgIpc) is 2.36. The molecule has 0 aliphatic rings. The number of phenolic OH excluding ortho intramolecular Hbond substituents is 1. The Labute approximate surface area is 98.6 Å². The second kappa shape index (κ2) is 6.03. The predicted molar refractivity (Wildman–Crippen MR) is 61.8 cm³/mol. The zero-order chi connectivity index (χ0) is 12.8. The monoisotopic (exact) mass is 238 g/mol. The van der Waals surface area contributed by atoms with Gasteiger partial charge < -0.3 is 20.1 Å². The quantitative estimate of drug-likeness (QED) is 0.644. The van der Waals surface area contributed by atoms with Crippen LogP contribution in [0.4, 0.5) is 0 Å². The van der Waals surface area contributed by atoms with E-state index in [-0.39, 0.29) is 5.75 Å². The van der Waals surface area contributed by atoms with Crippen LogP contribution in [-0.4, -0.2) is 40.9 Å². The molecule has 0 aliphatic heterocycles. The van der Waals surface area contributed by atoms with Gasteiger partial charge in [-0.25, -0.2) is 0 Å². The van der Waals surface area contributed by atoms with E-state index in [1.165, 1.54) is 19.3 Å². The molecule has 17 heavy (non-hydrogen) atoms. The molecule has 0 amide bonds. The molecule has 5 nitrogen and oxygen atoms in total. The Bertz CT molecular complexity index is 425. The number of ketones is 1. The van der Waals surface area contributed by atoms with E-state index in [0.717, 1.165) is 6.08 Å². The van der Waals surface area contributed by atoms with Crippen LogP contribution in [-0.2, 0) is 4.79 Å². The van der Waals surface area contributed by atoms with Crippen molar-refractivity contribution in [2.24, 2.45) is 0 Å². The minimum absolute atomic E-state index is 0.00590. The van der Waals surface area contributed by atoms with Crippen molar-refractivity contribution in [2.45, 2.75) is 6.10 Å². The zero-order valence-electron chi connectivity index (χ0n) is 9.33. The van der Waals surface area contributed by atoms with Crippen molar-refractivity contribution in [3.8, 4) is 11.5 Å². The van der Waals surface area contributed by atoms with Crippen molar-refractivity contribution in [3.63, 3.8) is 0 Å². The highest BCUT2D eigenvalue weighted by molar-refractivity contribution is 5.96. The standard InChI is InChI=1S/C12H14O5/c1-17-12-6-8(3-5-10(12)15)2-4-9(14)11(16)7-13/h2-6,11,13,15-16H,7H2,1H3/b4-2+. The first-order chi connectivity index (χ1) is 8.08. The number of methoxy groups -OCH3 is 1. The molecule has 0 radical (unpaired) electrons. The second-order valence-corrected chi connectivity index (χ2v) is 3.37. The molecule has 1 aromatic carbocycles. The molecule has 0 aliphatic carbocycles. The van der Waals surface area contributed by atoms with E-state index in [1.807, 2.05) is 0 Å². The molecule has 0 saturated heterocycles. The van der Waals surface area contributed by atoms with E-state index in [4.69, 9.17) is 14.9 Å². The minimum Gasteiger partial charge on any atom is -0.504 e. The van der Waals surface area contributed by atoms with Crippen molar-refractivity contribution in [3.05, 3.63) is 29.8 Å². The normalized spacial score (nSPS) is 12.6. The molecular formula is C12H14O5. The molecule has 0 heterocycles. The molecule has 1 rings (SSSR count). The summed E-state index contributed by atoms with van der Waals surface area (Å²) in [5.41, 5.74) is 0.637. The van der Waals surface area contributed by atoms with Gasteiger partial charge in [0.1, 0.15) is 6.10 Å². The van der Waals surface area contributed by atoms with Gasteiger partial charge in [0.05, 0.1) is 13.7 Å². The van der Waals surface area contributed by atoms with Gasteiger partial charge in [0.25, 0.3) is 0 Å². The fourth-order valence-electron chi connectivity index (χ4n) is 1.18. The number of carbonyl (C=O) groups is 1. The van der Waals surface area contributed by atoms with Crippen LogP contribution >= 0.6 is 0 Å². The minimum atomic E-state index is -1.40. The molecule has 1 unspecified atom stereocenters. The highest BCUT2D eigenvalue weighted by atomic mass is 16.5. The number of hydrogen-bond donors (Lipinski definition) is 3. The summed E-state index contributed by atoms with van der Waals surface area (Å²) in [5.74, 6) is -0.284. The Kier molecular flexibility index (Phi) is 4.68. The topological polar surface area (TPSA) is 87.0 Å². The Hall–Kier alpha value is -1.85. The Morgan fingerprint density at radius 3 is 2.82 bits per heavy atom. The third kappa shape index (κ3) is 3.58. The van der Waals surface area contributed by atoms with Crippen molar-refractivity contribution in [2.75, 3.05) is 13.7 Å². The molecule has 0 fully saturated rings. The van der Waals surface area contributed by atoms with Crippen molar-refractivity contribution in [1.29, 1.82) is 0 Å². The summed E-state index contributed by atoms with van der Waals surface area (Å²) in [4.78, 5) is 11.2. The van der Waals surface area contributed by atoms with E-state index in [2.05, 4.69) is 0 Å². The van der Waals surface area contributed by atoms with E-state index >= 15 is 0 Å². The summed E-state index contributed by atoms with van der Waals surface area (Å²) in [5, 5.41) is 26.9. The number of aliphatic hydroxyl groups excluding tert-OH is 2. The van der Waals surface area contributed by atoms with Crippen LogP contribution in [0.25, 0.3) is 6.08 Å². The summed E-state index contributed by atoms with van der Waals surface area (Å²) in [6.07, 6.45) is 1.22. The maximum atomic E-state index is 11.2. The van der Waals surface area contributed by atoms with Crippen LogP contribution in [0.1, 0.15) is 5.56 Å². The number of ether oxygens (including phenoxy) is 1. The van der Waals surface area contributed by atoms with Gasteiger partial charge in [0.2, 0.25) is 0 Å². The number of aliphatic hydroxyl groups is 2. The van der Waals surface area contributed by atoms with Crippen LogP contribution in [0.3, 0.4) is 0 Å². The summed E-state index contributed by atoms with van der Waals surface area (Å²) < 4.78 is 4.90. The van der Waals surface area contributed by atoms with Gasteiger partial charge in [-0.05, 0) is 23.8 Å². The van der Waals surface area contributed by atoms with Crippen molar-refractivity contribution >= 4 is 11.9 Å². The van der Waals surface area contributed by atoms with E-state index in [9.17, 15) is 9.90 Å². The fraction of sp³-hybridized carbons (Fsp3) is 0.250. The average molecular weight is 238 g/mol. The highest BCUT2D eigenvalue weighted by Crippen LogP contribution is 2.26. The Balaban J connectivity index is 2.81. The van der Waals surface area contributed by atoms with Crippen LogP contribution in [0, 0.1) is 0 Å². The van der Waals surface area contributed by atoms with Gasteiger partial charge in [-0.15, -0.1) is 0 Å². The summed E-state index contributed by atoms with van der Waals surface area (Å²) >= 11 is 0. The summed E-state index contributed by atoms with van der Waals surface area (Å²) in [6, 6.07) is 4.57. The van der Waals surface area contributed by atoms with E-state index < -0.39 is 18.5 Å². The molecule has 1 aromatic rings. The fourth-order valence-corrected chi connectivity index (χ4v) is 1.18. The largest absolute Gasteiger partial charge is 0.504 e. The highest BCUT2D eigenvalue weighted by Gasteiger charge is 2.09. The lowest BCUT2D eigenvalue weighted by atomic mass is 10.1. The van der Waals surface area contributed by atoms with Crippen LogP contribution in [0.15, 0.2) is 24.3 Å². The first-order valence-corrected chi connectivity index (χ1v) is 4.96. The first-order valence-electron chi connectivity index (χ1n) is 4.96. The molecule has 3 N–H and O–H groups in total. The molecule has 0 spiro atoms. The SMILES string of the molecule is COc1cc(/C=C/C(=O)C(O)CO)ccc1O. The van der Waals surface area contributed by atoms with Gasteiger partial charge in [-0.1, -0.05) is 12.1 Å². The lowest BCUT2D eigenvalue weighted by molar-refractivity contribution is -0.123. The Morgan fingerprint density at radius 1 is 1.53 bits per heavy atom. The Morgan fingerprint density at radius 2 is 2.24 bits per heavy atom. The predicted octanol–water partition coefficient (Wildman–Crippen LogP) is 0.336. The number of carbonyl (C=O) groups excluding carboxylic acids is 1. The van der Waals surface area contributed by atoms with Gasteiger partial charge in [-0.2, -0.15) is 0 Å². The van der Waals surface area contributed by atoms with Gasteiger partial charge in [0, 0.05) is 0 Å². The number of hydrogen-bond acceptors (Lipinski definition) is 5. The molecule has 5 heteroatoms. The third-order valence-corrected chi connectivity index (χ3v) is 2.15. The summed E-state index contributed by atoms with van der Waals surface area (Å²) in [6.45, 7) is -0.609. The van der Waals surface area contributed by atoms with Gasteiger partial charge in [-0.3, -0.25) is 4.79 Å². The zero-order valence-corrected chi connectivity index (χ0v) is 9.33. The van der Waals surface area contributed by atoms with E-state index in [1.54, 1.807) is 12.1 Å². The van der Waals surface area contributed by atoms with Crippen molar-refractivity contribution in [1.82, 2.24) is 0 Å². The van der Waals surface area contributed by atoms with Gasteiger partial charge in [0.15, 0.2) is 17.3 Å². The van der Waals surface area contributed by atoms with E-state index in [0.29, 0.717) is 11.3 Å². The molecule has 92 valence electrons. The van der Waals surface area contributed by atoms with Crippen LogP contribution < -0.4 is 4.74 Å². The maximum Gasteiger partial charge on any atom is 0.186 e. The summed E-state index contributed by atoms with van der Waals surface area (Å²) in [7, 11) is 1.42. The molecule has 1 atom stereocenters. The second-order valence-electron chi connectivity index (χ2n) is 3.37. The lowest BCUT2D eigenvalue weighted by Gasteiger charge is -2.04. The van der Waals surface area contributed by atoms with Crippen LogP contribution in [0.2, 0.25) is 0 Å². The number of rotatable bonds is 5. The smallest absolute Gasteiger partial charge is 0.186 e. The molecule has 0 aromatic heterocycles. The van der Waals surface area contributed by atoms with Gasteiger partial charge >= 0.3 is 0 Å². The lowest BCUT2D eigenvalue weighted by Crippen LogP contribution is -2.21. The van der Waals surface area contributed by atoms with Crippen molar-refractivity contribution < 1.29 is 24.9 Å². The number of aromatic hydroxyl groups is 1.